The Hall–Kier alpha value is -0.570. The molecule has 1 amide bonds. The van der Waals surface area contributed by atoms with Crippen LogP contribution >= 0.6 is 0 Å². The van der Waals surface area contributed by atoms with E-state index in [9.17, 15) is 4.79 Å². The summed E-state index contributed by atoms with van der Waals surface area (Å²) < 4.78 is 5.52. The molecule has 0 aromatic heterocycles. The Kier molecular flexibility index (Phi) is 4.94. The highest BCUT2D eigenvalue weighted by Gasteiger charge is 2.14. The standard InChI is InChI=1S/C11H21NO2/c1-9(2)7-11(13)12-8-10-5-3-4-6-14-10/h9-10H,3-8H2,1-2H3,(H,12,13). The van der Waals surface area contributed by atoms with Crippen molar-refractivity contribution in [1.82, 2.24) is 5.32 Å². The first-order valence-corrected chi connectivity index (χ1v) is 5.57. The molecule has 0 aromatic rings. The third-order valence-electron chi connectivity index (χ3n) is 2.39. The van der Waals surface area contributed by atoms with Crippen LogP contribution in [0.5, 0.6) is 0 Å². The van der Waals surface area contributed by atoms with Crippen LogP contribution in [0, 0.1) is 5.92 Å². The second-order valence-corrected chi connectivity index (χ2v) is 4.39. The van der Waals surface area contributed by atoms with Gasteiger partial charge in [0.05, 0.1) is 6.10 Å². The monoisotopic (exact) mass is 199 g/mol. The van der Waals surface area contributed by atoms with Gasteiger partial charge in [-0.15, -0.1) is 0 Å². The maximum Gasteiger partial charge on any atom is 0.220 e. The molecule has 1 N–H and O–H groups in total. The van der Waals surface area contributed by atoms with Crippen LogP contribution in [0.3, 0.4) is 0 Å². The van der Waals surface area contributed by atoms with E-state index in [1.807, 2.05) is 0 Å². The molecule has 0 bridgehead atoms. The minimum absolute atomic E-state index is 0.147. The molecule has 1 rings (SSSR count). The molecular weight excluding hydrogens is 178 g/mol. The fraction of sp³-hybridized carbons (Fsp3) is 0.909. The highest BCUT2D eigenvalue weighted by Crippen LogP contribution is 2.11. The number of carbonyl (C=O) groups is 1. The number of hydrogen-bond donors (Lipinski definition) is 1. The molecule has 0 saturated carbocycles. The first kappa shape index (κ1) is 11.5. The highest BCUT2D eigenvalue weighted by atomic mass is 16.5. The molecule has 1 heterocycles. The van der Waals surface area contributed by atoms with Crippen molar-refractivity contribution >= 4 is 5.91 Å². The van der Waals surface area contributed by atoms with Crippen LogP contribution in [0.15, 0.2) is 0 Å². The van der Waals surface area contributed by atoms with Crippen molar-refractivity contribution < 1.29 is 9.53 Å². The lowest BCUT2D eigenvalue weighted by molar-refractivity contribution is -0.122. The third kappa shape index (κ3) is 4.61. The van der Waals surface area contributed by atoms with Crippen LogP contribution < -0.4 is 5.32 Å². The van der Waals surface area contributed by atoms with Crippen LogP contribution in [-0.4, -0.2) is 25.2 Å². The minimum atomic E-state index is 0.147. The second-order valence-electron chi connectivity index (χ2n) is 4.39. The van der Waals surface area contributed by atoms with Gasteiger partial charge in [0, 0.05) is 19.6 Å². The number of ether oxygens (including phenoxy) is 1. The molecule has 0 radical (unpaired) electrons. The van der Waals surface area contributed by atoms with E-state index in [-0.39, 0.29) is 12.0 Å². The van der Waals surface area contributed by atoms with Crippen molar-refractivity contribution in [2.24, 2.45) is 5.92 Å². The van der Waals surface area contributed by atoms with E-state index in [1.165, 1.54) is 6.42 Å². The Morgan fingerprint density at radius 3 is 2.86 bits per heavy atom. The normalized spacial score (nSPS) is 22.4. The summed E-state index contributed by atoms with van der Waals surface area (Å²) in [6.07, 6.45) is 4.34. The molecule has 1 aliphatic rings. The van der Waals surface area contributed by atoms with Crippen LogP contribution in [0.2, 0.25) is 0 Å². The third-order valence-corrected chi connectivity index (χ3v) is 2.39. The number of carbonyl (C=O) groups excluding carboxylic acids is 1. The van der Waals surface area contributed by atoms with Crippen LogP contribution in [0.4, 0.5) is 0 Å². The summed E-state index contributed by atoms with van der Waals surface area (Å²) >= 11 is 0. The zero-order valence-electron chi connectivity index (χ0n) is 9.21. The quantitative estimate of drug-likeness (QED) is 0.748. The van der Waals surface area contributed by atoms with Gasteiger partial charge < -0.3 is 10.1 Å². The summed E-state index contributed by atoms with van der Waals surface area (Å²) in [6, 6.07) is 0. The topological polar surface area (TPSA) is 38.3 Å². The lowest BCUT2D eigenvalue weighted by atomic mass is 10.1. The van der Waals surface area contributed by atoms with Gasteiger partial charge >= 0.3 is 0 Å². The molecule has 1 unspecified atom stereocenters. The largest absolute Gasteiger partial charge is 0.376 e. The van der Waals surface area contributed by atoms with E-state index in [0.717, 1.165) is 19.4 Å². The zero-order valence-corrected chi connectivity index (χ0v) is 9.21. The Morgan fingerprint density at radius 1 is 1.50 bits per heavy atom. The molecule has 3 nitrogen and oxygen atoms in total. The first-order chi connectivity index (χ1) is 6.68. The average Bonchev–Trinajstić information content (AvgIpc) is 2.15. The van der Waals surface area contributed by atoms with Crippen molar-refractivity contribution in [3.63, 3.8) is 0 Å². The van der Waals surface area contributed by atoms with Gasteiger partial charge in [-0.05, 0) is 25.2 Å². The van der Waals surface area contributed by atoms with Gasteiger partial charge in [0.25, 0.3) is 0 Å². The summed E-state index contributed by atoms with van der Waals surface area (Å²) in [6.45, 7) is 5.64. The van der Waals surface area contributed by atoms with E-state index in [2.05, 4.69) is 19.2 Å². The maximum absolute atomic E-state index is 11.3. The SMILES string of the molecule is CC(C)CC(=O)NCC1CCCCO1. The van der Waals surface area contributed by atoms with Gasteiger partial charge in [0.1, 0.15) is 0 Å². The highest BCUT2D eigenvalue weighted by molar-refractivity contribution is 5.76. The predicted molar refractivity (Wildman–Crippen MR) is 56.1 cm³/mol. The minimum Gasteiger partial charge on any atom is -0.376 e. The van der Waals surface area contributed by atoms with Crippen molar-refractivity contribution in [3.05, 3.63) is 0 Å². The van der Waals surface area contributed by atoms with Gasteiger partial charge in [0.15, 0.2) is 0 Å². The van der Waals surface area contributed by atoms with E-state index in [1.54, 1.807) is 0 Å². The molecule has 1 fully saturated rings. The smallest absolute Gasteiger partial charge is 0.220 e. The molecule has 1 aliphatic heterocycles. The van der Waals surface area contributed by atoms with Crippen molar-refractivity contribution in [2.75, 3.05) is 13.2 Å². The van der Waals surface area contributed by atoms with E-state index in [4.69, 9.17) is 4.74 Å². The Bertz CT molecular complexity index is 174. The molecule has 14 heavy (non-hydrogen) atoms. The van der Waals surface area contributed by atoms with Gasteiger partial charge in [-0.2, -0.15) is 0 Å². The lowest BCUT2D eigenvalue weighted by Crippen LogP contribution is -2.35. The van der Waals surface area contributed by atoms with Crippen LogP contribution in [0.1, 0.15) is 39.5 Å². The summed E-state index contributed by atoms with van der Waals surface area (Å²) in [4.78, 5) is 11.3. The van der Waals surface area contributed by atoms with Crippen LogP contribution in [0.25, 0.3) is 0 Å². The molecule has 82 valence electrons. The van der Waals surface area contributed by atoms with Gasteiger partial charge in [-0.1, -0.05) is 13.8 Å². The summed E-state index contributed by atoms with van der Waals surface area (Å²) in [5.74, 6) is 0.580. The molecule has 1 saturated heterocycles. The molecule has 0 spiro atoms. The van der Waals surface area contributed by atoms with Gasteiger partial charge in [-0.25, -0.2) is 0 Å². The van der Waals surface area contributed by atoms with Crippen molar-refractivity contribution in [1.29, 1.82) is 0 Å². The molecule has 3 heteroatoms. The fourth-order valence-electron chi connectivity index (χ4n) is 1.64. The Balaban J connectivity index is 2.09. The zero-order chi connectivity index (χ0) is 10.4. The fourth-order valence-corrected chi connectivity index (χ4v) is 1.64. The summed E-state index contributed by atoms with van der Waals surface area (Å²) in [7, 11) is 0. The van der Waals surface area contributed by atoms with Crippen LogP contribution in [-0.2, 0) is 9.53 Å². The van der Waals surface area contributed by atoms with E-state index >= 15 is 0 Å². The Labute approximate surface area is 86.2 Å². The predicted octanol–water partition coefficient (Wildman–Crippen LogP) is 1.72. The average molecular weight is 199 g/mol. The molecule has 1 atom stereocenters. The number of hydrogen-bond acceptors (Lipinski definition) is 2. The number of nitrogens with one attached hydrogen (secondary N) is 1. The van der Waals surface area contributed by atoms with Gasteiger partial charge in [-0.3, -0.25) is 4.79 Å². The summed E-state index contributed by atoms with van der Waals surface area (Å²) in [5, 5.41) is 2.92. The molecule has 0 aromatic carbocycles. The summed E-state index contributed by atoms with van der Waals surface area (Å²) in [5.41, 5.74) is 0. The molecule has 0 aliphatic carbocycles. The number of amides is 1. The lowest BCUT2D eigenvalue weighted by Gasteiger charge is -2.22. The number of rotatable bonds is 4. The molecular formula is C11H21NO2. The van der Waals surface area contributed by atoms with E-state index in [0.29, 0.717) is 18.9 Å². The van der Waals surface area contributed by atoms with Crippen molar-refractivity contribution in [3.8, 4) is 0 Å². The Morgan fingerprint density at radius 2 is 2.29 bits per heavy atom. The van der Waals surface area contributed by atoms with E-state index < -0.39 is 0 Å². The second kappa shape index (κ2) is 6.02. The first-order valence-electron chi connectivity index (χ1n) is 5.57. The maximum atomic E-state index is 11.3. The van der Waals surface area contributed by atoms with Gasteiger partial charge in [0.2, 0.25) is 5.91 Å². The van der Waals surface area contributed by atoms with Crippen molar-refractivity contribution in [2.45, 2.75) is 45.6 Å².